The van der Waals surface area contributed by atoms with Crippen LogP contribution in [0.25, 0.3) is 0 Å². The number of aromatic nitrogens is 1. The minimum Gasteiger partial charge on any atom is -0.355 e. The lowest BCUT2D eigenvalue weighted by Gasteiger charge is -2.19. The molecule has 0 spiro atoms. The number of hydrogen-bond donors (Lipinski definition) is 3. The van der Waals surface area contributed by atoms with E-state index in [0.717, 1.165) is 20.2 Å². The topological polar surface area (TPSA) is 70.5 Å². The number of carbonyl (C=O) groups excluding carboxylic acids is 1. The molecule has 0 aliphatic carbocycles. The van der Waals surface area contributed by atoms with Crippen molar-refractivity contribution >= 4 is 60.7 Å². The highest BCUT2D eigenvalue weighted by Gasteiger charge is 2.15. The summed E-state index contributed by atoms with van der Waals surface area (Å²) in [5.74, 6) is 0.265. The molecule has 0 radical (unpaired) electrons. The summed E-state index contributed by atoms with van der Waals surface area (Å²) < 4.78 is 17.4. The fourth-order valence-electron chi connectivity index (χ4n) is 3.69. The van der Waals surface area contributed by atoms with Crippen molar-refractivity contribution in [3.05, 3.63) is 91.4 Å². The molecular weight excluding hydrogens is 657 g/mol. The third-order valence-electron chi connectivity index (χ3n) is 5.62. The van der Waals surface area contributed by atoms with Gasteiger partial charge in [0.25, 0.3) is 5.91 Å². The molecule has 6 nitrogen and oxygen atoms in total. The first-order valence-electron chi connectivity index (χ1n) is 11.3. The van der Waals surface area contributed by atoms with Gasteiger partial charge in [-0.3, -0.25) is 4.79 Å². The highest BCUT2D eigenvalue weighted by atomic mass is 79.9. The lowest BCUT2D eigenvalue weighted by molar-refractivity contribution is 0.0946. The lowest BCUT2D eigenvalue weighted by atomic mass is 10.1. The second-order valence-electron chi connectivity index (χ2n) is 8.40. The SMILES string of the molecule is Br.Cc1cc(CN=C(NCCNC(=O)c2cc(Br)c(Br)n2C)NC(C)c2ccccc2)cc(C)c1F. The molecule has 3 N–H and O–H groups in total. The zero-order chi connectivity index (χ0) is 25.5. The Labute approximate surface area is 239 Å². The van der Waals surface area contributed by atoms with Crippen molar-refractivity contribution in [2.45, 2.75) is 33.4 Å². The van der Waals surface area contributed by atoms with Gasteiger partial charge < -0.3 is 20.5 Å². The monoisotopic (exact) mass is 685 g/mol. The molecule has 0 saturated carbocycles. The standard InChI is InChI=1S/C26H30Br2FN5O.BrH/c1-16-12-19(13-17(2)23(16)29)15-32-26(33-18(3)20-8-6-5-7-9-20)31-11-10-30-25(35)22-14-21(27)24(28)34(22)4;/h5-9,12-14,18H,10-11,15H2,1-4H3,(H,30,35)(H2,31,32,33);1H. The Bertz CT molecular complexity index is 1190. The van der Waals surface area contributed by atoms with Crippen molar-refractivity contribution in [3.8, 4) is 0 Å². The average Bonchev–Trinajstić information content (AvgIpc) is 3.10. The molecule has 194 valence electrons. The Morgan fingerprint density at radius 3 is 2.25 bits per heavy atom. The maximum atomic E-state index is 14.0. The zero-order valence-electron chi connectivity index (χ0n) is 20.7. The van der Waals surface area contributed by atoms with Crippen molar-refractivity contribution in [1.29, 1.82) is 0 Å². The molecule has 10 heteroatoms. The number of aliphatic imine (C=N–C) groups is 1. The van der Waals surface area contributed by atoms with Crippen LogP contribution < -0.4 is 16.0 Å². The minimum absolute atomic E-state index is 0. The van der Waals surface area contributed by atoms with E-state index in [0.29, 0.717) is 42.4 Å². The van der Waals surface area contributed by atoms with Crippen LogP contribution >= 0.6 is 48.8 Å². The molecule has 1 heterocycles. The number of hydrogen-bond acceptors (Lipinski definition) is 2. The number of guanidine groups is 1. The Morgan fingerprint density at radius 1 is 1.06 bits per heavy atom. The quantitative estimate of drug-likeness (QED) is 0.152. The number of nitrogens with zero attached hydrogens (tertiary/aromatic N) is 2. The Balaban J connectivity index is 0.00000456. The summed E-state index contributed by atoms with van der Waals surface area (Å²) in [6.45, 7) is 6.87. The van der Waals surface area contributed by atoms with Crippen molar-refractivity contribution in [2.75, 3.05) is 13.1 Å². The van der Waals surface area contributed by atoms with E-state index in [-0.39, 0.29) is 34.7 Å². The molecule has 0 aliphatic heterocycles. The maximum Gasteiger partial charge on any atom is 0.268 e. The molecule has 0 saturated heterocycles. The van der Waals surface area contributed by atoms with E-state index in [2.05, 4.69) is 66.9 Å². The lowest BCUT2D eigenvalue weighted by Crippen LogP contribution is -2.42. The number of nitrogens with one attached hydrogen (secondary N) is 3. The number of benzene rings is 2. The maximum absolute atomic E-state index is 14.0. The van der Waals surface area contributed by atoms with Gasteiger partial charge in [0, 0.05) is 20.1 Å². The second kappa shape index (κ2) is 13.9. The van der Waals surface area contributed by atoms with Gasteiger partial charge in [-0.25, -0.2) is 9.38 Å². The van der Waals surface area contributed by atoms with E-state index in [1.165, 1.54) is 0 Å². The number of carbonyl (C=O) groups is 1. The number of halogens is 4. The van der Waals surface area contributed by atoms with Gasteiger partial charge in [-0.05, 0) is 81.0 Å². The van der Waals surface area contributed by atoms with Gasteiger partial charge in [0.1, 0.15) is 11.5 Å². The van der Waals surface area contributed by atoms with Crippen LogP contribution in [0.3, 0.4) is 0 Å². The van der Waals surface area contributed by atoms with E-state index >= 15 is 0 Å². The van der Waals surface area contributed by atoms with E-state index < -0.39 is 0 Å². The van der Waals surface area contributed by atoms with Crippen LogP contribution in [-0.4, -0.2) is 29.5 Å². The van der Waals surface area contributed by atoms with Crippen molar-refractivity contribution in [1.82, 2.24) is 20.5 Å². The minimum atomic E-state index is -0.181. The summed E-state index contributed by atoms with van der Waals surface area (Å²) in [6.07, 6.45) is 0. The largest absolute Gasteiger partial charge is 0.355 e. The summed E-state index contributed by atoms with van der Waals surface area (Å²) in [6, 6.07) is 15.5. The number of rotatable bonds is 8. The predicted octanol–water partition coefficient (Wildman–Crippen LogP) is 6.11. The summed E-state index contributed by atoms with van der Waals surface area (Å²) >= 11 is 6.86. The summed E-state index contributed by atoms with van der Waals surface area (Å²) in [5.41, 5.74) is 3.83. The second-order valence-corrected chi connectivity index (χ2v) is 10.0. The normalized spacial score (nSPS) is 12.0. The van der Waals surface area contributed by atoms with Gasteiger partial charge in [0.15, 0.2) is 5.96 Å². The van der Waals surface area contributed by atoms with Crippen LogP contribution in [0, 0.1) is 19.7 Å². The zero-order valence-corrected chi connectivity index (χ0v) is 25.5. The van der Waals surface area contributed by atoms with Crippen LogP contribution in [0.5, 0.6) is 0 Å². The fourth-order valence-corrected chi connectivity index (χ4v) is 4.48. The number of aryl methyl sites for hydroxylation is 2. The Morgan fingerprint density at radius 2 is 1.67 bits per heavy atom. The summed E-state index contributed by atoms with van der Waals surface area (Å²) in [7, 11) is 1.82. The molecule has 36 heavy (non-hydrogen) atoms. The third-order valence-corrected chi connectivity index (χ3v) is 7.72. The van der Waals surface area contributed by atoms with Gasteiger partial charge >= 0.3 is 0 Å². The first-order chi connectivity index (χ1) is 16.7. The van der Waals surface area contributed by atoms with Crippen LogP contribution in [0.2, 0.25) is 0 Å². The molecule has 3 rings (SSSR count). The van der Waals surface area contributed by atoms with E-state index in [1.807, 2.05) is 37.4 Å². The Hall–Kier alpha value is -2.17. The van der Waals surface area contributed by atoms with Crippen molar-refractivity contribution in [3.63, 3.8) is 0 Å². The van der Waals surface area contributed by atoms with Gasteiger partial charge in [0.05, 0.1) is 21.7 Å². The van der Waals surface area contributed by atoms with Crippen molar-refractivity contribution < 1.29 is 9.18 Å². The fraction of sp³-hybridized carbons (Fsp3) is 0.308. The predicted molar refractivity (Wildman–Crippen MR) is 156 cm³/mol. The molecule has 2 aromatic carbocycles. The summed E-state index contributed by atoms with van der Waals surface area (Å²) in [5, 5.41) is 9.64. The highest BCUT2D eigenvalue weighted by molar-refractivity contribution is 9.13. The smallest absolute Gasteiger partial charge is 0.268 e. The molecule has 3 aromatic rings. The van der Waals surface area contributed by atoms with Gasteiger partial charge in [-0.1, -0.05) is 42.5 Å². The molecule has 0 aliphatic rings. The average molecular weight is 688 g/mol. The molecule has 1 aromatic heterocycles. The van der Waals surface area contributed by atoms with Crippen molar-refractivity contribution in [2.24, 2.45) is 12.0 Å². The first kappa shape index (κ1) is 30.1. The highest BCUT2D eigenvalue weighted by Crippen LogP contribution is 2.26. The molecule has 1 amide bonds. The molecule has 0 bridgehead atoms. The molecule has 0 fully saturated rings. The van der Waals surface area contributed by atoms with Gasteiger partial charge in [0.2, 0.25) is 0 Å². The van der Waals surface area contributed by atoms with Gasteiger partial charge in [-0.15, -0.1) is 17.0 Å². The molecular formula is C26H31Br3FN5O. The van der Waals surface area contributed by atoms with Crippen LogP contribution in [0.4, 0.5) is 4.39 Å². The summed E-state index contributed by atoms with van der Waals surface area (Å²) in [4.78, 5) is 17.3. The molecule has 1 atom stereocenters. The first-order valence-corrected chi connectivity index (χ1v) is 12.9. The van der Waals surface area contributed by atoms with E-state index in [1.54, 1.807) is 24.5 Å². The third kappa shape index (κ3) is 7.91. The van der Waals surface area contributed by atoms with E-state index in [9.17, 15) is 9.18 Å². The van der Waals surface area contributed by atoms with Crippen LogP contribution in [-0.2, 0) is 13.6 Å². The Kier molecular flexibility index (Phi) is 11.6. The van der Waals surface area contributed by atoms with Crippen LogP contribution in [0.1, 0.15) is 45.7 Å². The van der Waals surface area contributed by atoms with E-state index in [4.69, 9.17) is 4.99 Å². The van der Waals surface area contributed by atoms with Crippen LogP contribution in [0.15, 0.2) is 62.6 Å². The van der Waals surface area contributed by atoms with Gasteiger partial charge in [-0.2, -0.15) is 0 Å². The number of amides is 1. The molecule has 1 unspecified atom stereocenters.